The molecule has 1 aromatic rings. The predicted molar refractivity (Wildman–Crippen MR) is 129 cm³/mol. The van der Waals surface area contributed by atoms with Crippen LogP contribution < -0.4 is 0 Å². The first kappa shape index (κ1) is 22.0. The molecule has 2 heteroatoms. The van der Waals surface area contributed by atoms with Crippen LogP contribution in [0.4, 0.5) is 0 Å². The van der Waals surface area contributed by atoms with E-state index >= 15 is 0 Å². The molecule has 6 fully saturated rings. The van der Waals surface area contributed by atoms with Gasteiger partial charge in [-0.25, -0.2) is 0 Å². The number of hydrogen-bond acceptors (Lipinski definition) is 2. The molecule has 0 amide bonds. The summed E-state index contributed by atoms with van der Waals surface area (Å²) in [5.74, 6) is 0. The SMILES string of the molecule is CCCC12CCC(c3ccc(C45CCC(CCC)(CC4)CC5)c(C#N)c3C#N)(CC1)CC2. The van der Waals surface area contributed by atoms with Crippen molar-refractivity contribution in [2.24, 2.45) is 10.8 Å². The minimum atomic E-state index is 0.137. The van der Waals surface area contributed by atoms with Crippen LogP contribution in [0.3, 0.4) is 0 Å². The summed E-state index contributed by atoms with van der Waals surface area (Å²) in [5.41, 5.74) is 5.31. The first-order valence-electron chi connectivity index (χ1n) is 13.5. The molecule has 0 unspecified atom stereocenters. The summed E-state index contributed by atoms with van der Waals surface area (Å²) in [7, 11) is 0. The molecule has 0 spiro atoms. The van der Waals surface area contributed by atoms with Gasteiger partial charge < -0.3 is 0 Å². The molecule has 4 bridgehead atoms. The van der Waals surface area contributed by atoms with Crippen LogP contribution in [0.5, 0.6) is 0 Å². The number of fused-ring (bicyclic) bond motifs is 6. The summed E-state index contributed by atoms with van der Waals surface area (Å²) in [6, 6.07) is 9.74. The molecule has 0 aromatic heterocycles. The molecule has 7 rings (SSSR count). The van der Waals surface area contributed by atoms with Crippen molar-refractivity contribution >= 4 is 0 Å². The fraction of sp³-hybridized carbons (Fsp3) is 0.733. The van der Waals surface area contributed by atoms with Crippen LogP contribution in [0.25, 0.3) is 0 Å². The third-order valence-corrected chi connectivity index (χ3v) is 10.9. The van der Waals surface area contributed by atoms with E-state index in [1.165, 1.54) is 114 Å². The molecule has 6 aliphatic carbocycles. The minimum Gasteiger partial charge on any atom is -0.192 e. The van der Waals surface area contributed by atoms with Crippen molar-refractivity contribution in [2.75, 3.05) is 0 Å². The lowest BCUT2D eigenvalue weighted by molar-refractivity contribution is 0.0302. The Balaban J connectivity index is 1.49. The number of rotatable bonds is 6. The molecule has 170 valence electrons. The summed E-state index contributed by atoms with van der Waals surface area (Å²) in [5, 5.41) is 20.6. The maximum atomic E-state index is 10.3. The van der Waals surface area contributed by atoms with Gasteiger partial charge in [-0.15, -0.1) is 0 Å². The number of nitriles is 2. The van der Waals surface area contributed by atoms with Gasteiger partial charge >= 0.3 is 0 Å². The molecule has 0 atom stereocenters. The molecular weight excluding hydrogens is 388 g/mol. The van der Waals surface area contributed by atoms with Crippen molar-refractivity contribution in [3.05, 3.63) is 34.4 Å². The van der Waals surface area contributed by atoms with Crippen molar-refractivity contribution in [2.45, 2.75) is 127 Å². The van der Waals surface area contributed by atoms with E-state index in [-0.39, 0.29) is 10.8 Å². The van der Waals surface area contributed by atoms with E-state index in [0.717, 1.165) is 11.1 Å². The van der Waals surface area contributed by atoms with Gasteiger partial charge in [0.2, 0.25) is 0 Å². The highest BCUT2D eigenvalue weighted by Gasteiger charge is 2.52. The van der Waals surface area contributed by atoms with E-state index in [1.54, 1.807) is 0 Å². The van der Waals surface area contributed by atoms with E-state index in [4.69, 9.17) is 0 Å². The predicted octanol–water partition coefficient (Wildman–Crippen LogP) is 8.21. The number of hydrogen-bond donors (Lipinski definition) is 0. The van der Waals surface area contributed by atoms with Crippen molar-refractivity contribution in [1.29, 1.82) is 10.5 Å². The lowest BCUT2D eigenvalue weighted by Crippen LogP contribution is -2.45. The van der Waals surface area contributed by atoms with E-state index < -0.39 is 0 Å². The van der Waals surface area contributed by atoms with Gasteiger partial charge in [0.05, 0.1) is 11.1 Å². The average molecular weight is 429 g/mol. The Labute approximate surface area is 195 Å². The van der Waals surface area contributed by atoms with E-state index in [1.807, 2.05) is 0 Å². The van der Waals surface area contributed by atoms with Crippen LogP contribution >= 0.6 is 0 Å². The zero-order valence-electron chi connectivity index (χ0n) is 20.4. The fourth-order valence-electron chi connectivity index (χ4n) is 8.86. The summed E-state index contributed by atoms with van der Waals surface area (Å²) < 4.78 is 0. The van der Waals surface area contributed by atoms with Crippen LogP contribution in [0, 0.1) is 33.5 Å². The first-order valence-corrected chi connectivity index (χ1v) is 13.5. The van der Waals surface area contributed by atoms with Gasteiger partial charge in [-0.1, -0.05) is 38.8 Å². The van der Waals surface area contributed by atoms with Gasteiger partial charge in [0, 0.05) is 0 Å². The smallest absolute Gasteiger partial charge is 0.101 e. The Morgan fingerprint density at radius 2 is 0.906 bits per heavy atom. The van der Waals surface area contributed by atoms with Crippen molar-refractivity contribution in [1.82, 2.24) is 0 Å². The van der Waals surface area contributed by atoms with Gasteiger partial charge in [0.15, 0.2) is 0 Å². The summed E-state index contributed by atoms with van der Waals surface area (Å²) in [6.07, 6.45) is 20.3. The van der Waals surface area contributed by atoms with Gasteiger partial charge in [-0.3, -0.25) is 0 Å². The minimum absolute atomic E-state index is 0.137. The monoisotopic (exact) mass is 428 g/mol. The van der Waals surface area contributed by atoms with Gasteiger partial charge in [0.1, 0.15) is 12.1 Å². The zero-order chi connectivity index (χ0) is 22.5. The molecule has 0 saturated heterocycles. The summed E-state index contributed by atoms with van der Waals surface area (Å²) in [6.45, 7) is 4.64. The first-order chi connectivity index (χ1) is 15.5. The fourth-order valence-corrected chi connectivity index (χ4v) is 8.86. The molecule has 0 radical (unpaired) electrons. The molecule has 32 heavy (non-hydrogen) atoms. The molecule has 2 nitrogen and oxygen atoms in total. The van der Waals surface area contributed by atoms with Gasteiger partial charge in [-0.05, 0) is 123 Å². The Bertz CT molecular complexity index is 844. The third kappa shape index (κ3) is 3.16. The molecule has 0 N–H and O–H groups in total. The topological polar surface area (TPSA) is 47.6 Å². The van der Waals surface area contributed by atoms with Crippen molar-refractivity contribution in [3.8, 4) is 12.1 Å². The Morgan fingerprint density at radius 1 is 0.594 bits per heavy atom. The van der Waals surface area contributed by atoms with Crippen LogP contribution in [0.15, 0.2) is 12.1 Å². The summed E-state index contributed by atoms with van der Waals surface area (Å²) in [4.78, 5) is 0. The van der Waals surface area contributed by atoms with Crippen molar-refractivity contribution in [3.63, 3.8) is 0 Å². The number of benzene rings is 1. The highest BCUT2D eigenvalue weighted by molar-refractivity contribution is 5.59. The summed E-state index contributed by atoms with van der Waals surface area (Å²) >= 11 is 0. The van der Waals surface area contributed by atoms with Crippen LogP contribution in [0.2, 0.25) is 0 Å². The Kier molecular flexibility index (Phi) is 5.44. The largest absolute Gasteiger partial charge is 0.192 e. The normalized spacial score (nSPS) is 37.8. The standard InChI is InChI=1S/C30H40N2/c1-3-7-27-9-15-29(16-10-27,17-11-27)25-5-6-26(24(22-32)23(25)21-31)30-18-12-28(8-4-2,13-19-30)14-20-30/h5-6H,3-4,7-20H2,1-2H3. The van der Waals surface area contributed by atoms with Crippen molar-refractivity contribution < 1.29 is 0 Å². The average Bonchev–Trinajstić information content (AvgIpc) is 2.85. The molecule has 1 aromatic carbocycles. The second-order valence-corrected chi connectivity index (χ2v) is 12.2. The Hall–Kier alpha value is -1.80. The third-order valence-electron chi connectivity index (χ3n) is 10.9. The quantitative estimate of drug-likeness (QED) is 0.458. The zero-order valence-corrected chi connectivity index (χ0v) is 20.4. The highest BCUT2D eigenvalue weighted by atomic mass is 14.6. The number of nitrogens with zero attached hydrogens (tertiary/aromatic N) is 2. The lowest BCUT2D eigenvalue weighted by atomic mass is 9.49. The second kappa shape index (κ2) is 7.90. The van der Waals surface area contributed by atoms with Crippen LogP contribution in [0.1, 0.15) is 139 Å². The maximum Gasteiger partial charge on any atom is 0.101 e. The second-order valence-electron chi connectivity index (χ2n) is 12.2. The van der Waals surface area contributed by atoms with Gasteiger partial charge in [-0.2, -0.15) is 10.5 Å². The molecule has 0 heterocycles. The highest BCUT2D eigenvalue weighted by Crippen LogP contribution is 2.62. The van der Waals surface area contributed by atoms with E-state index in [0.29, 0.717) is 10.8 Å². The molecule has 6 aliphatic rings. The lowest BCUT2D eigenvalue weighted by Gasteiger charge is -2.55. The van der Waals surface area contributed by atoms with Crippen LogP contribution in [-0.4, -0.2) is 0 Å². The molecule has 0 aliphatic heterocycles. The Morgan fingerprint density at radius 3 is 1.16 bits per heavy atom. The van der Waals surface area contributed by atoms with Gasteiger partial charge in [0.25, 0.3) is 0 Å². The maximum absolute atomic E-state index is 10.3. The molecular formula is C30H40N2. The molecule has 6 saturated carbocycles. The van der Waals surface area contributed by atoms with Crippen LogP contribution in [-0.2, 0) is 10.8 Å². The van der Waals surface area contributed by atoms with E-state index in [2.05, 4.69) is 38.1 Å². The van der Waals surface area contributed by atoms with E-state index in [9.17, 15) is 10.5 Å².